The Morgan fingerprint density at radius 2 is 2.00 bits per heavy atom. The fourth-order valence-electron chi connectivity index (χ4n) is 1.72. The molecule has 0 amide bonds. The van der Waals surface area contributed by atoms with Gasteiger partial charge < -0.3 is 0 Å². The molecule has 0 fully saturated rings. The molecule has 2 rings (SSSR count). The molecule has 0 N–H and O–H groups in total. The van der Waals surface area contributed by atoms with Gasteiger partial charge in [0.15, 0.2) is 5.78 Å². The van der Waals surface area contributed by atoms with E-state index in [1.54, 1.807) is 36.7 Å². The van der Waals surface area contributed by atoms with Crippen molar-refractivity contribution < 1.29 is 4.79 Å². The topological polar surface area (TPSA) is 30.0 Å². The second-order valence-electron chi connectivity index (χ2n) is 3.84. The van der Waals surface area contributed by atoms with Gasteiger partial charge in [-0.15, -0.1) is 0 Å². The zero-order chi connectivity index (χ0) is 13.1. The summed E-state index contributed by atoms with van der Waals surface area (Å²) in [6.07, 6.45) is 4.09. The minimum absolute atomic E-state index is 0.0622. The van der Waals surface area contributed by atoms with E-state index in [2.05, 4.69) is 4.98 Å². The zero-order valence-corrected chi connectivity index (χ0v) is 11.3. The number of rotatable bonds is 3. The predicted octanol–water partition coefficient (Wildman–Crippen LogP) is 4.18. The van der Waals surface area contributed by atoms with E-state index in [1.165, 1.54) is 0 Å². The smallest absolute Gasteiger partial charge is 0.193 e. The molecule has 0 saturated heterocycles. The lowest BCUT2D eigenvalue weighted by molar-refractivity contribution is 0.103. The van der Waals surface area contributed by atoms with E-state index in [9.17, 15) is 4.79 Å². The number of nitrogens with zero attached hydrogens (tertiary/aromatic N) is 1. The van der Waals surface area contributed by atoms with Crippen LogP contribution < -0.4 is 0 Å². The van der Waals surface area contributed by atoms with E-state index in [1.807, 2.05) is 6.92 Å². The number of carbonyl (C=O) groups excluding carboxylic acids is 1. The molecule has 4 heteroatoms. The normalized spacial score (nSPS) is 10.4. The molecule has 0 bridgehead atoms. The van der Waals surface area contributed by atoms with Crippen LogP contribution in [0.15, 0.2) is 36.7 Å². The van der Waals surface area contributed by atoms with E-state index in [4.69, 9.17) is 23.2 Å². The number of aromatic nitrogens is 1. The van der Waals surface area contributed by atoms with Crippen molar-refractivity contribution in [3.05, 3.63) is 63.4 Å². The van der Waals surface area contributed by atoms with Crippen molar-refractivity contribution in [2.75, 3.05) is 0 Å². The summed E-state index contributed by atoms with van der Waals surface area (Å²) in [6.45, 7) is 1.99. The Morgan fingerprint density at radius 1 is 1.22 bits per heavy atom. The first-order chi connectivity index (χ1) is 8.63. The highest BCUT2D eigenvalue weighted by atomic mass is 35.5. The highest BCUT2D eigenvalue weighted by Crippen LogP contribution is 2.24. The van der Waals surface area contributed by atoms with Gasteiger partial charge in [0.25, 0.3) is 0 Å². The van der Waals surface area contributed by atoms with Crippen molar-refractivity contribution in [2.24, 2.45) is 0 Å². The Balaban J connectivity index is 2.44. The molecule has 2 aromatic rings. The Morgan fingerprint density at radius 3 is 2.67 bits per heavy atom. The van der Waals surface area contributed by atoms with Crippen molar-refractivity contribution in [1.29, 1.82) is 0 Å². The van der Waals surface area contributed by atoms with Gasteiger partial charge in [-0.2, -0.15) is 0 Å². The Labute approximate surface area is 116 Å². The van der Waals surface area contributed by atoms with Crippen LogP contribution in [0, 0.1) is 0 Å². The first kappa shape index (κ1) is 13.1. The first-order valence-electron chi connectivity index (χ1n) is 5.56. The van der Waals surface area contributed by atoms with Gasteiger partial charge >= 0.3 is 0 Å². The third-order valence-corrected chi connectivity index (χ3v) is 3.45. The van der Waals surface area contributed by atoms with Crippen molar-refractivity contribution in [1.82, 2.24) is 4.98 Å². The number of hydrogen-bond donors (Lipinski definition) is 0. The molecule has 1 aromatic carbocycles. The number of carbonyl (C=O) groups is 1. The van der Waals surface area contributed by atoms with Gasteiger partial charge in [-0.25, -0.2) is 0 Å². The van der Waals surface area contributed by atoms with Crippen LogP contribution in [0.4, 0.5) is 0 Å². The van der Waals surface area contributed by atoms with Crippen molar-refractivity contribution in [2.45, 2.75) is 13.3 Å². The summed E-state index contributed by atoms with van der Waals surface area (Å²) >= 11 is 11.8. The second-order valence-corrected chi connectivity index (χ2v) is 4.66. The van der Waals surface area contributed by atoms with Crippen LogP contribution in [-0.2, 0) is 6.42 Å². The summed E-state index contributed by atoms with van der Waals surface area (Å²) in [5.41, 5.74) is 2.12. The number of aryl methyl sites for hydroxylation is 1. The molecular formula is C14H11Cl2NO. The van der Waals surface area contributed by atoms with Crippen LogP contribution in [0.25, 0.3) is 0 Å². The maximum Gasteiger partial charge on any atom is 0.193 e. The molecule has 92 valence electrons. The fourth-order valence-corrected chi connectivity index (χ4v) is 2.02. The van der Waals surface area contributed by atoms with Gasteiger partial charge in [0, 0.05) is 23.5 Å². The van der Waals surface area contributed by atoms with Gasteiger partial charge in [0.1, 0.15) is 0 Å². The largest absolute Gasteiger partial charge is 0.289 e. The SMILES string of the molecule is CCc1cnccc1C(=O)c1ccc(Cl)c(Cl)c1. The van der Waals surface area contributed by atoms with Crippen LogP contribution >= 0.6 is 23.2 Å². The molecule has 1 aromatic heterocycles. The third kappa shape index (κ3) is 2.55. The summed E-state index contributed by atoms with van der Waals surface area (Å²) in [5, 5.41) is 0.827. The summed E-state index contributed by atoms with van der Waals surface area (Å²) in [6, 6.07) is 6.62. The highest BCUT2D eigenvalue weighted by molar-refractivity contribution is 6.42. The minimum Gasteiger partial charge on any atom is -0.289 e. The molecule has 1 heterocycles. The van der Waals surface area contributed by atoms with Crippen molar-refractivity contribution >= 4 is 29.0 Å². The second kappa shape index (κ2) is 5.51. The standard InChI is InChI=1S/C14H11Cl2NO/c1-2-9-8-17-6-5-11(9)14(18)10-3-4-12(15)13(16)7-10/h3-8H,2H2,1H3. The first-order valence-corrected chi connectivity index (χ1v) is 6.31. The van der Waals surface area contributed by atoms with E-state index < -0.39 is 0 Å². The lowest BCUT2D eigenvalue weighted by Gasteiger charge is -2.06. The molecule has 18 heavy (non-hydrogen) atoms. The van der Waals surface area contributed by atoms with Crippen LogP contribution in [-0.4, -0.2) is 10.8 Å². The average molecular weight is 280 g/mol. The Bertz CT molecular complexity index is 596. The molecule has 2 nitrogen and oxygen atoms in total. The number of ketones is 1. The molecular weight excluding hydrogens is 269 g/mol. The molecule has 0 radical (unpaired) electrons. The third-order valence-electron chi connectivity index (χ3n) is 2.71. The highest BCUT2D eigenvalue weighted by Gasteiger charge is 2.13. The Kier molecular flexibility index (Phi) is 4.00. The van der Waals surface area contributed by atoms with Crippen LogP contribution in [0.1, 0.15) is 28.4 Å². The average Bonchev–Trinajstić information content (AvgIpc) is 2.41. The maximum absolute atomic E-state index is 12.4. The van der Waals surface area contributed by atoms with E-state index >= 15 is 0 Å². The Hall–Kier alpha value is -1.38. The monoisotopic (exact) mass is 279 g/mol. The molecule has 0 spiro atoms. The summed E-state index contributed by atoms with van der Waals surface area (Å²) in [5.74, 6) is -0.0622. The minimum atomic E-state index is -0.0622. The van der Waals surface area contributed by atoms with E-state index in [0.717, 1.165) is 12.0 Å². The quantitative estimate of drug-likeness (QED) is 0.789. The van der Waals surface area contributed by atoms with Crippen molar-refractivity contribution in [3.8, 4) is 0 Å². The number of pyridine rings is 1. The van der Waals surface area contributed by atoms with Crippen molar-refractivity contribution in [3.63, 3.8) is 0 Å². The van der Waals surface area contributed by atoms with Gasteiger partial charge in [-0.05, 0) is 36.2 Å². The van der Waals surface area contributed by atoms with Crippen LogP contribution in [0.5, 0.6) is 0 Å². The molecule has 0 saturated carbocycles. The molecule has 0 aliphatic carbocycles. The molecule has 0 unspecified atom stereocenters. The lowest BCUT2D eigenvalue weighted by atomic mass is 9.99. The molecule has 0 aliphatic rings. The summed E-state index contributed by atoms with van der Waals surface area (Å²) < 4.78 is 0. The van der Waals surface area contributed by atoms with Gasteiger partial charge in [-0.1, -0.05) is 30.1 Å². The summed E-state index contributed by atoms with van der Waals surface area (Å²) in [7, 11) is 0. The van der Waals surface area contributed by atoms with Gasteiger partial charge in [0.2, 0.25) is 0 Å². The molecule has 0 aliphatic heterocycles. The zero-order valence-electron chi connectivity index (χ0n) is 9.78. The number of benzene rings is 1. The summed E-state index contributed by atoms with van der Waals surface area (Å²) in [4.78, 5) is 16.4. The number of halogens is 2. The number of hydrogen-bond acceptors (Lipinski definition) is 2. The molecule has 0 atom stereocenters. The lowest BCUT2D eigenvalue weighted by Crippen LogP contribution is -2.05. The fraction of sp³-hybridized carbons (Fsp3) is 0.143. The van der Waals surface area contributed by atoms with Crippen LogP contribution in [0.2, 0.25) is 10.0 Å². The van der Waals surface area contributed by atoms with Gasteiger partial charge in [0.05, 0.1) is 10.0 Å². The van der Waals surface area contributed by atoms with Gasteiger partial charge in [-0.3, -0.25) is 9.78 Å². The van der Waals surface area contributed by atoms with E-state index in [0.29, 0.717) is 21.2 Å². The van der Waals surface area contributed by atoms with E-state index in [-0.39, 0.29) is 5.78 Å². The maximum atomic E-state index is 12.4. The predicted molar refractivity (Wildman–Crippen MR) is 73.5 cm³/mol. The van der Waals surface area contributed by atoms with Crippen LogP contribution in [0.3, 0.4) is 0 Å².